The zero-order chi connectivity index (χ0) is 13.5. The summed E-state index contributed by atoms with van der Waals surface area (Å²) in [7, 11) is 3.61. The number of thiophene rings is 1. The van der Waals surface area contributed by atoms with E-state index in [2.05, 4.69) is 27.0 Å². The van der Waals surface area contributed by atoms with Crippen LogP contribution >= 0.6 is 11.3 Å². The molecule has 2 rings (SSSR count). The van der Waals surface area contributed by atoms with Gasteiger partial charge in [0.2, 0.25) is 5.89 Å². The van der Waals surface area contributed by atoms with Crippen LogP contribution in [0.25, 0.3) is 0 Å². The second-order valence-electron chi connectivity index (χ2n) is 4.08. The van der Waals surface area contributed by atoms with E-state index in [1.807, 2.05) is 18.0 Å². The standard InChI is InChI=1S/C12H18N4O2S/c1-16(9-10-4-3-7-19-10)12-15-14-11(18-12)8-13-5-6-17-2/h3-4,7,13H,5-6,8-9H2,1-2H3. The summed E-state index contributed by atoms with van der Waals surface area (Å²) in [4.78, 5) is 3.21. The molecule has 1 N–H and O–H groups in total. The monoisotopic (exact) mass is 282 g/mol. The summed E-state index contributed by atoms with van der Waals surface area (Å²) in [5.74, 6) is 0.587. The lowest BCUT2D eigenvalue weighted by atomic mass is 10.4. The first-order chi connectivity index (χ1) is 9.29. The van der Waals surface area contributed by atoms with E-state index >= 15 is 0 Å². The van der Waals surface area contributed by atoms with E-state index in [0.717, 1.165) is 13.1 Å². The summed E-state index contributed by atoms with van der Waals surface area (Å²) in [6, 6.07) is 4.66. The molecule has 6 nitrogen and oxygen atoms in total. The van der Waals surface area contributed by atoms with Gasteiger partial charge in [0.15, 0.2) is 0 Å². The number of rotatable bonds is 8. The van der Waals surface area contributed by atoms with Crippen molar-refractivity contribution in [1.29, 1.82) is 0 Å². The van der Waals surface area contributed by atoms with Gasteiger partial charge >= 0.3 is 6.01 Å². The molecule has 0 saturated carbocycles. The lowest BCUT2D eigenvalue weighted by Gasteiger charge is -2.11. The predicted octanol–water partition coefficient (Wildman–Crippen LogP) is 1.50. The summed E-state index contributed by atoms with van der Waals surface area (Å²) >= 11 is 1.71. The van der Waals surface area contributed by atoms with Crippen LogP contribution in [0.1, 0.15) is 10.8 Å². The molecule has 0 bridgehead atoms. The van der Waals surface area contributed by atoms with Crippen molar-refractivity contribution in [1.82, 2.24) is 15.5 Å². The minimum absolute atomic E-state index is 0.539. The van der Waals surface area contributed by atoms with E-state index < -0.39 is 0 Å². The van der Waals surface area contributed by atoms with Crippen LogP contribution in [0.4, 0.5) is 6.01 Å². The molecule has 0 fully saturated rings. The first kappa shape index (κ1) is 14.0. The Morgan fingerprint density at radius 3 is 3.11 bits per heavy atom. The van der Waals surface area contributed by atoms with E-state index in [-0.39, 0.29) is 0 Å². The van der Waals surface area contributed by atoms with Gasteiger partial charge in [-0.25, -0.2) is 0 Å². The van der Waals surface area contributed by atoms with Crippen LogP contribution in [0.5, 0.6) is 0 Å². The minimum Gasteiger partial charge on any atom is -0.407 e. The van der Waals surface area contributed by atoms with Gasteiger partial charge in [-0.3, -0.25) is 0 Å². The van der Waals surface area contributed by atoms with Crippen molar-refractivity contribution in [2.24, 2.45) is 0 Å². The summed E-state index contributed by atoms with van der Waals surface area (Å²) in [5, 5.41) is 13.3. The minimum atomic E-state index is 0.539. The highest BCUT2D eigenvalue weighted by atomic mass is 32.1. The Kier molecular flexibility index (Phi) is 5.31. The zero-order valence-electron chi connectivity index (χ0n) is 11.1. The molecule has 0 unspecified atom stereocenters. The third kappa shape index (κ3) is 4.30. The van der Waals surface area contributed by atoms with Crippen molar-refractivity contribution in [2.45, 2.75) is 13.1 Å². The maximum Gasteiger partial charge on any atom is 0.318 e. The van der Waals surface area contributed by atoms with Crippen molar-refractivity contribution < 1.29 is 9.15 Å². The molecule has 104 valence electrons. The largest absolute Gasteiger partial charge is 0.407 e. The number of ether oxygens (including phenoxy) is 1. The second kappa shape index (κ2) is 7.22. The Labute approximate surface area is 116 Å². The highest BCUT2D eigenvalue weighted by Crippen LogP contribution is 2.16. The van der Waals surface area contributed by atoms with Gasteiger partial charge in [-0.2, -0.15) is 0 Å². The highest BCUT2D eigenvalue weighted by molar-refractivity contribution is 7.09. The fourth-order valence-corrected chi connectivity index (χ4v) is 2.30. The fourth-order valence-electron chi connectivity index (χ4n) is 1.54. The van der Waals surface area contributed by atoms with Crippen LogP contribution < -0.4 is 10.2 Å². The van der Waals surface area contributed by atoms with Gasteiger partial charge in [0.25, 0.3) is 0 Å². The van der Waals surface area contributed by atoms with E-state index in [9.17, 15) is 0 Å². The van der Waals surface area contributed by atoms with E-state index in [4.69, 9.17) is 9.15 Å². The normalized spacial score (nSPS) is 10.8. The van der Waals surface area contributed by atoms with Gasteiger partial charge in [-0.05, 0) is 11.4 Å². The first-order valence-corrected chi connectivity index (χ1v) is 6.93. The highest BCUT2D eigenvalue weighted by Gasteiger charge is 2.11. The van der Waals surface area contributed by atoms with Crippen molar-refractivity contribution >= 4 is 17.4 Å². The third-order valence-electron chi connectivity index (χ3n) is 2.52. The quantitative estimate of drug-likeness (QED) is 0.740. The Bertz CT molecular complexity index is 472. The lowest BCUT2D eigenvalue weighted by Crippen LogP contribution is -2.18. The van der Waals surface area contributed by atoms with Crippen molar-refractivity contribution in [3.05, 3.63) is 28.3 Å². The average Bonchev–Trinajstić information content (AvgIpc) is 3.05. The SMILES string of the molecule is COCCNCc1nnc(N(C)Cc2cccs2)o1. The van der Waals surface area contributed by atoms with Crippen LogP contribution in [0, 0.1) is 0 Å². The molecule has 0 saturated heterocycles. The Morgan fingerprint density at radius 1 is 1.47 bits per heavy atom. The van der Waals surface area contributed by atoms with Gasteiger partial charge in [0, 0.05) is 25.6 Å². The van der Waals surface area contributed by atoms with Crippen molar-refractivity contribution in [3.8, 4) is 0 Å². The first-order valence-electron chi connectivity index (χ1n) is 6.05. The third-order valence-corrected chi connectivity index (χ3v) is 3.38. The van der Waals surface area contributed by atoms with Gasteiger partial charge in [-0.15, -0.1) is 16.4 Å². The number of hydrogen-bond donors (Lipinski definition) is 1. The molecular weight excluding hydrogens is 264 g/mol. The molecule has 0 radical (unpaired) electrons. The van der Waals surface area contributed by atoms with Crippen LogP contribution in [0.3, 0.4) is 0 Å². The van der Waals surface area contributed by atoms with Gasteiger partial charge < -0.3 is 19.4 Å². The van der Waals surface area contributed by atoms with Gasteiger partial charge in [-0.1, -0.05) is 11.2 Å². The Hall–Kier alpha value is -1.44. The number of nitrogens with one attached hydrogen (secondary N) is 1. The summed E-state index contributed by atoms with van der Waals surface area (Å²) in [6.07, 6.45) is 0. The van der Waals surface area contributed by atoms with Crippen LogP contribution in [0.15, 0.2) is 21.9 Å². The van der Waals surface area contributed by atoms with Gasteiger partial charge in [0.05, 0.1) is 19.7 Å². The van der Waals surface area contributed by atoms with E-state index in [1.165, 1.54) is 4.88 Å². The summed E-state index contributed by atoms with van der Waals surface area (Å²) in [5.41, 5.74) is 0. The molecular formula is C12H18N4O2S. The summed E-state index contributed by atoms with van der Waals surface area (Å²) in [6.45, 7) is 2.76. The molecule has 0 amide bonds. The van der Waals surface area contributed by atoms with Gasteiger partial charge in [0.1, 0.15) is 0 Å². The topological polar surface area (TPSA) is 63.4 Å². The molecule has 2 aromatic heterocycles. The molecule has 0 spiro atoms. The van der Waals surface area contributed by atoms with E-state index in [1.54, 1.807) is 18.4 Å². The number of nitrogens with zero attached hydrogens (tertiary/aromatic N) is 3. The molecule has 0 atom stereocenters. The molecule has 19 heavy (non-hydrogen) atoms. The molecule has 2 heterocycles. The Balaban J connectivity index is 1.82. The molecule has 0 aromatic carbocycles. The average molecular weight is 282 g/mol. The maximum atomic E-state index is 5.58. The van der Waals surface area contributed by atoms with E-state index in [0.29, 0.717) is 25.1 Å². The number of aromatic nitrogens is 2. The Morgan fingerprint density at radius 2 is 2.37 bits per heavy atom. The van der Waals surface area contributed by atoms with Crippen molar-refractivity contribution in [3.63, 3.8) is 0 Å². The smallest absolute Gasteiger partial charge is 0.318 e. The maximum absolute atomic E-state index is 5.58. The number of methoxy groups -OCH3 is 1. The zero-order valence-corrected chi connectivity index (χ0v) is 11.9. The molecule has 0 aliphatic carbocycles. The van der Waals surface area contributed by atoms with Crippen LogP contribution in [0.2, 0.25) is 0 Å². The van der Waals surface area contributed by atoms with Crippen molar-refractivity contribution in [2.75, 3.05) is 32.2 Å². The predicted molar refractivity (Wildman–Crippen MR) is 74.3 cm³/mol. The molecule has 0 aliphatic heterocycles. The fraction of sp³-hybridized carbons (Fsp3) is 0.500. The van der Waals surface area contributed by atoms with Crippen LogP contribution in [-0.2, 0) is 17.8 Å². The molecule has 2 aromatic rings. The lowest BCUT2D eigenvalue weighted by molar-refractivity contribution is 0.198. The molecule has 0 aliphatic rings. The summed E-state index contributed by atoms with van der Waals surface area (Å²) < 4.78 is 10.5. The molecule has 7 heteroatoms. The number of hydrogen-bond acceptors (Lipinski definition) is 7. The second-order valence-corrected chi connectivity index (χ2v) is 5.12. The number of anilines is 1. The van der Waals surface area contributed by atoms with Crippen LogP contribution in [-0.4, -0.2) is 37.5 Å².